The van der Waals surface area contributed by atoms with Crippen molar-refractivity contribution in [3.05, 3.63) is 30.5 Å². The summed E-state index contributed by atoms with van der Waals surface area (Å²) >= 11 is 0. The number of nitrogens with two attached hydrogens (primary N) is 1. The maximum atomic E-state index is 12.1. The molecular formula is C19H24N5O2+. The van der Waals surface area contributed by atoms with Gasteiger partial charge in [-0.1, -0.05) is 19.3 Å². The number of phenols is 1. The monoisotopic (exact) mass is 354 g/mol. The average Bonchev–Trinajstić information content (AvgIpc) is 2.82. The number of carbonyl (C=O) groups excluding carboxylic acids is 1. The number of anilines is 3. The lowest BCUT2D eigenvalue weighted by atomic mass is 9.94. The molecule has 136 valence electrons. The summed E-state index contributed by atoms with van der Waals surface area (Å²) in [5.41, 5.74) is 1.61. The molecule has 1 saturated carbocycles. The number of carbonyl (C=O) groups is 1. The van der Waals surface area contributed by atoms with Gasteiger partial charge in [0.2, 0.25) is 5.95 Å². The Morgan fingerprint density at radius 2 is 1.92 bits per heavy atom. The molecule has 0 spiro atoms. The number of nitrogens with zero attached hydrogens (tertiary/aromatic N) is 3. The van der Waals surface area contributed by atoms with Crippen LogP contribution in [-0.2, 0) is 4.79 Å². The Morgan fingerprint density at radius 1 is 1.15 bits per heavy atom. The summed E-state index contributed by atoms with van der Waals surface area (Å²) in [5, 5.41) is 14.3. The van der Waals surface area contributed by atoms with Crippen molar-refractivity contribution in [2.24, 2.45) is 0 Å². The molecule has 1 fully saturated rings. The summed E-state index contributed by atoms with van der Waals surface area (Å²) in [4.78, 5) is 23.5. The molecule has 0 radical (unpaired) electrons. The first-order valence-electron chi connectivity index (χ1n) is 9.26. The van der Waals surface area contributed by atoms with Gasteiger partial charge in [0.25, 0.3) is 0 Å². The number of primary amides is 1. The molecule has 2 heterocycles. The predicted octanol–water partition coefficient (Wildman–Crippen LogP) is 2.19. The highest BCUT2D eigenvalue weighted by molar-refractivity contribution is 5.74. The van der Waals surface area contributed by atoms with Crippen molar-refractivity contribution in [1.82, 2.24) is 9.97 Å². The summed E-state index contributed by atoms with van der Waals surface area (Å²) in [6.45, 7) is 0.711. The normalized spacial score (nSPS) is 18.3. The highest BCUT2D eigenvalue weighted by Gasteiger charge is 2.31. The molecule has 0 bridgehead atoms. The van der Waals surface area contributed by atoms with Crippen molar-refractivity contribution in [2.75, 3.05) is 16.8 Å². The predicted molar refractivity (Wildman–Crippen MR) is 98.8 cm³/mol. The Kier molecular flexibility index (Phi) is 4.71. The van der Waals surface area contributed by atoms with Crippen molar-refractivity contribution in [2.45, 2.75) is 44.6 Å². The molecule has 1 aromatic carbocycles. The second-order valence-electron chi connectivity index (χ2n) is 6.99. The molecule has 1 amide bonds. The van der Waals surface area contributed by atoms with Gasteiger partial charge in [0.1, 0.15) is 5.75 Å². The molecule has 0 atom stereocenters. The first-order valence-corrected chi connectivity index (χ1v) is 9.26. The fourth-order valence-corrected chi connectivity index (χ4v) is 3.78. The van der Waals surface area contributed by atoms with Crippen LogP contribution in [0, 0.1) is 0 Å². The van der Waals surface area contributed by atoms with E-state index in [4.69, 9.17) is 4.98 Å². The van der Waals surface area contributed by atoms with E-state index in [-0.39, 0.29) is 11.7 Å². The van der Waals surface area contributed by atoms with E-state index in [0.717, 1.165) is 30.0 Å². The number of aromatic hydroxyl groups is 1. The van der Waals surface area contributed by atoms with Gasteiger partial charge in [0, 0.05) is 18.3 Å². The molecule has 7 nitrogen and oxygen atoms in total. The summed E-state index contributed by atoms with van der Waals surface area (Å²) in [6, 6.07) is 7.23. The standard InChI is InChI=1S/C19H23N5O2/c25-15-8-6-13(7-9-15)21-19-20-12-16-18(23-19)24(11-10-17(26)22-16)14-4-2-1-3-5-14/h6-9,12,14,25H,1-5,10-11H2,(H,22,26)(H,20,21,23)/p+1. The molecular weight excluding hydrogens is 330 g/mol. The molecule has 26 heavy (non-hydrogen) atoms. The zero-order valence-corrected chi connectivity index (χ0v) is 14.7. The molecule has 2 aliphatic rings. The van der Waals surface area contributed by atoms with E-state index in [2.05, 4.69) is 15.2 Å². The third-order valence-corrected chi connectivity index (χ3v) is 5.12. The van der Waals surface area contributed by atoms with E-state index in [1.54, 1.807) is 35.8 Å². The second-order valence-corrected chi connectivity index (χ2v) is 6.99. The van der Waals surface area contributed by atoms with E-state index >= 15 is 0 Å². The van der Waals surface area contributed by atoms with Crippen molar-refractivity contribution in [3.8, 4) is 5.75 Å². The first-order chi connectivity index (χ1) is 12.7. The molecule has 4 rings (SSSR count). The van der Waals surface area contributed by atoms with Gasteiger partial charge in [0.15, 0.2) is 11.5 Å². The van der Waals surface area contributed by atoms with E-state index in [9.17, 15) is 9.90 Å². The molecule has 0 saturated heterocycles. The van der Waals surface area contributed by atoms with Crippen LogP contribution >= 0.6 is 0 Å². The smallest absolute Gasteiger partial charge is 0.317 e. The highest BCUT2D eigenvalue weighted by atomic mass is 16.3. The Hall–Kier alpha value is -2.67. The number of nitrogens with one attached hydrogen (secondary N) is 1. The van der Waals surface area contributed by atoms with E-state index in [1.165, 1.54) is 19.3 Å². The molecule has 0 unspecified atom stereocenters. The van der Waals surface area contributed by atoms with Crippen molar-refractivity contribution in [1.29, 1.82) is 0 Å². The van der Waals surface area contributed by atoms with Crippen molar-refractivity contribution in [3.63, 3.8) is 0 Å². The Morgan fingerprint density at radius 3 is 2.69 bits per heavy atom. The van der Waals surface area contributed by atoms with Gasteiger partial charge in [0.05, 0.1) is 12.6 Å². The second kappa shape index (κ2) is 7.29. The lowest BCUT2D eigenvalue weighted by Crippen LogP contribution is -2.82. The molecule has 1 aliphatic carbocycles. The molecule has 2 aromatic rings. The van der Waals surface area contributed by atoms with Gasteiger partial charge in [-0.05, 0) is 37.1 Å². The number of phenolic OH excluding ortho intramolecular Hbond substituents is 1. The average molecular weight is 354 g/mol. The Balaban J connectivity index is 1.64. The van der Waals surface area contributed by atoms with Gasteiger partial charge in [-0.25, -0.2) is 15.1 Å². The topological polar surface area (TPSA) is 95.0 Å². The summed E-state index contributed by atoms with van der Waals surface area (Å²) in [5.74, 6) is 1.69. The summed E-state index contributed by atoms with van der Waals surface area (Å²) < 4.78 is 0. The first kappa shape index (κ1) is 16.8. The van der Waals surface area contributed by atoms with Crippen LogP contribution in [0.4, 0.5) is 23.1 Å². The maximum absolute atomic E-state index is 12.1. The van der Waals surface area contributed by atoms with Gasteiger partial charge >= 0.3 is 5.91 Å². The molecule has 1 aliphatic heterocycles. The number of amides is 1. The van der Waals surface area contributed by atoms with Crippen molar-refractivity contribution < 1.29 is 15.2 Å². The van der Waals surface area contributed by atoms with Gasteiger partial charge in [-0.15, -0.1) is 0 Å². The minimum Gasteiger partial charge on any atom is -0.508 e. The fraction of sp³-hybridized carbons (Fsp3) is 0.421. The van der Waals surface area contributed by atoms with Crippen LogP contribution in [0.2, 0.25) is 0 Å². The van der Waals surface area contributed by atoms with Crippen LogP contribution in [0.3, 0.4) is 0 Å². The van der Waals surface area contributed by atoms with Crippen molar-refractivity contribution >= 4 is 29.0 Å². The van der Waals surface area contributed by atoms with Crippen LogP contribution < -0.4 is 15.5 Å². The van der Waals surface area contributed by atoms with Crippen LogP contribution in [0.15, 0.2) is 30.5 Å². The minimum absolute atomic E-state index is 0.132. The summed E-state index contributed by atoms with van der Waals surface area (Å²) in [6.07, 6.45) is 8.31. The van der Waals surface area contributed by atoms with Crippen LogP contribution in [0.25, 0.3) is 0 Å². The van der Waals surface area contributed by atoms with E-state index in [0.29, 0.717) is 25.0 Å². The number of aromatic nitrogens is 2. The quantitative estimate of drug-likeness (QED) is 0.732. The molecule has 7 heteroatoms. The maximum Gasteiger partial charge on any atom is 0.317 e. The zero-order valence-electron chi connectivity index (χ0n) is 14.7. The lowest BCUT2D eigenvalue weighted by molar-refractivity contribution is -0.482. The third kappa shape index (κ3) is 3.62. The number of rotatable bonds is 3. The highest BCUT2D eigenvalue weighted by Crippen LogP contribution is 2.31. The van der Waals surface area contributed by atoms with Gasteiger partial charge in [-0.3, -0.25) is 0 Å². The number of benzene rings is 1. The van der Waals surface area contributed by atoms with E-state index in [1.807, 2.05) is 0 Å². The van der Waals surface area contributed by atoms with Crippen LogP contribution in [0.1, 0.15) is 38.5 Å². The van der Waals surface area contributed by atoms with Crippen LogP contribution in [-0.4, -0.2) is 33.6 Å². The zero-order chi connectivity index (χ0) is 17.9. The summed E-state index contributed by atoms with van der Waals surface area (Å²) in [7, 11) is 0. The Labute approximate surface area is 152 Å². The largest absolute Gasteiger partial charge is 0.508 e. The lowest BCUT2D eigenvalue weighted by Gasteiger charge is -2.34. The fourth-order valence-electron chi connectivity index (χ4n) is 3.78. The van der Waals surface area contributed by atoms with Gasteiger partial charge < -0.3 is 15.3 Å². The number of quaternary nitrogens is 1. The van der Waals surface area contributed by atoms with Crippen LogP contribution in [0.5, 0.6) is 5.75 Å². The third-order valence-electron chi connectivity index (χ3n) is 5.12. The number of fused-ring (bicyclic) bond motifs is 1. The minimum atomic E-state index is 0.132. The molecule has 4 N–H and O–H groups in total. The molecule has 1 aromatic heterocycles. The van der Waals surface area contributed by atoms with Gasteiger partial charge in [-0.2, -0.15) is 4.98 Å². The number of hydrogen-bond acceptors (Lipinski definition) is 6. The van der Waals surface area contributed by atoms with E-state index < -0.39 is 0 Å². The Bertz CT molecular complexity index is 787. The number of hydrogen-bond donors (Lipinski definition) is 3. The SMILES string of the molecule is O=C1CCN(C2CCCCC2)c2nc(Nc3ccc(O)cc3)ncc2[NH2+]1.